The average Bonchev–Trinajstić information content (AvgIpc) is 2.89. The zero-order chi connectivity index (χ0) is 18.4. The van der Waals surface area contributed by atoms with Crippen molar-refractivity contribution in [2.24, 2.45) is 0 Å². The third-order valence-electron chi connectivity index (χ3n) is 4.31. The number of nitrogens with zero attached hydrogens (tertiary/aromatic N) is 2. The van der Waals surface area contributed by atoms with Crippen LogP contribution in [0.1, 0.15) is 29.5 Å². The van der Waals surface area contributed by atoms with Crippen LogP contribution in [-0.4, -0.2) is 42.0 Å². The number of rotatable bonds is 8. The van der Waals surface area contributed by atoms with Crippen LogP contribution in [-0.2, 0) is 4.79 Å². The number of hydrogen-bond donors (Lipinski definition) is 1. The fourth-order valence-electron chi connectivity index (χ4n) is 2.34. The molecule has 0 radical (unpaired) electrons. The molecule has 5 nitrogen and oxygen atoms in total. The Morgan fingerprint density at radius 3 is 2.68 bits per heavy atom. The number of benzene rings is 1. The molecule has 1 N–H and O–H groups in total. The van der Waals surface area contributed by atoms with Gasteiger partial charge in [0.05, 0.1) is 18.3 Å². The van der Waals surface area contributed by atoms with E-state index in [4.69, 9.17) is 4.74 Å². The Kier molecular flexibility index (Phi) is 6.96. The van der Waals surface area contributed by atoms with E-state index < -0.39 is 0 Å². The first-order valence-corrected chi connectivity index (χ1v) is 9.33. The van der Waals surface area contributed by atoms with Gasteiger partial charge in [-0.15, -0.1) is 11.3 Å². The molecule has 1 aromatic carbocycles. The minimum absolute atomic E-state index is 0.0314. The lowest BCUT2D eigenvalue weighted by atomic mass is 10.2. The Balaban J connectivity index is 1.74. The van der Waals surface area contributed by atoms with Gasteiger partial charge in [-0.25, -0.2) is 4.98 Å². The number of carbonyl (C=O) groups is 1. The third-order valence-corrected chi connectivity index (χ3v) is 5.29. The van der Waals surface area contributed by atoms with E-state index in [1.165, 1.54) is 11.3 Å². The molecule has 0 saturated heterocycles. The van der Waals surface area contributed by atoms with Crippen molar-refractivity contribution in [1.29, 1.82) is 0 Å². The molecule has 1 atom stereocenters. The molecule has 0 aliphatic rings. The topological polar surface area (TPSA) is 54.5 Å². The van der Waals surface area contributed by atoms with Gasteiger partial charge in [0.1, 0.15) is 5.75 Å². The summed E-state index contributed by atoms with van der Waals surface area (Å²) in [5, 5.41) is 3.57. The number of ether oxygens (including phenoxy) is 1. The SMILES string of the molecule is Cc1ccccc1OCCCN(C)C(C)C(=O)Nc1nc(C)c(C)s1. The van der Waals surface area contributed by atoms with Crippen molar-refractivity contribution >= 4 is 22.4 Å². The van der Waals surface area contributed by atoms with E-state index in [2.05, 4.69) is 10.3 Å². The van der Waals surface area contributed by atoms with Crippen LogP contribution in [0.15, 0.2) is 24.3 Å². The van der Waals surface area contributed by atoms with Crippen LogP contribution in [0.3, 0.4) is 0 Å². The molecule has 2 aromatic rings. The lowest BCUT2D eigenvalue weighted by Crippen LogP contribution is -2.40. The Morgan fingerprint density at radius 2 is 2.04 bits per heavy atom. The normalized spacial score (nSPS) is 12.2. The van der Waals surface area contributed by atoms with Gasteiger partial charge in [0.2, 0.25) is 5.91 Å². The first-order chi connectivity index (χ1) is 11.9. The Hall–Kier alpha value is -1.92. The monoisotopic (exact) mass is 361 g/mol. The molecule has 0 bridgehead atoms. The lowest BCUT2D eigenvalue weighted by Gasteiger charge is -2.23. The Bertz CT molecular complexity index is 695. The lowest BCUT2D eigenvalue weighted by molar-refractivity contribution is -0.120. The van der Waals surface area contributed by atoms with Gasteiger partial charge in [0.15, 0.2) is 5.13 Å². The molecular weight excluding hydrogens is 334 g/mol. The molecule has 1 unspecified atom stereocenters. The van der Waals surface area contributed by atoms with Gasteiger partial charge in [-0.3, -0.25) is 9.69 Å². The molecule has 1 amide bonds. The van der Waals surface area contributed by atoms with E-state index in [1.54, 1.807) is 0 Å². The first-order valence-electron chi connectivity index (χ1n) is 8.52. The maximum atomic E-state index is 12.4. The molecule has 1 aromatic heterocycles. The highest BCUT2D eigenvalue weighted by Crippen LogP contribution is 2.21. The smallest absolute Gasteiger partial charge is 0.243 e. The summed E-state index contributed by atoms with van der Waals surface area (Å²) in [7, 11) is 1.95. The third kappa shape index (κ3) is 5.54. The van der Waals surface area contributed by atoms with E-state index in [0.717, 1.165) is 34.8 Å². The number of aryl methyl sites for hydroxylation is 3. The Morgan fingerprint density at radius 1 is 1.32 bits per heavy atom. The molecule has 0 aliphatic carbocycles. The van der Waals surface area contributed by atoms with Crippen molar-refractivity contribution < 1.29 is 9.53 Å². The summed E-state index contributed by atoms with van der Waals surface area (Å²) in [6.45, 7) is 9.32. The van der Waals surface area contributed by atoms with E-state index in [0.29, 0.717) is 11.7 Å². The van der Waals surface area contributed by atoms with Gasteiger partial charge in [0.25, 0.3) is 0 Å². The highest BCUT2D eigenvalue weighted by molar-refractivity contribution is 7.15. The van der Waals surface area contributed by atoms with Crippen LogP contribution in [0.2, 0.25) is 0 Å². The van der Waals surface area contributed by atoms with Crippen molar-refractivity contribution in [2.45, 2.75) is 40.2 Å². The number of carbonyl (C=O) groups excluding carboxylic acids is 1. The highest BCUT2D eigenvalue weighted by Gasteiger charge is 2.19. The van der Waals surface area contributed by atoms with Gasteiger partial charge in [0, 0.05) is 11.4 Å². The van der Waals surface area contributed by atoms with Crippen LogP contribution < -0.4 is 10.1 Å². The summed E-state index contributed by atoms with van der Waals surface area (Å²) >= 11 is 1.51. The number of aromatic nitrogens is 1. The van der Waals surface area contributed by atoms with Crippen LogP contribution in [0.4, 0.5) is 5.13 Å². The van der Waals surface area contributed by atoms with Crippen LogP contribution in [0.5, 0.6) is 5.75 Å². The average molecular weight is 362 g/mol. The van der Waals surface area contributed by atoms with E-state index in [-0.39, 0.29) is 11.9 Å². The molecular formula is C19H27N3O2S. The first kappa shape index (κ1) is 19.4. The minimum Gasteiger partial charge on any atom is -0.493 e. The minimum atomic E-state index is -0.219. The molecule has 2 rings (SSSR count). The molecule has 136 valence electrons. The summed E-state index contributed by atoms with van der Waals surface area (Å²) in [4.78, 5) is 19.9. The Labute approximate surface area is 154 Å². The van der Waals surface area contributed by atoms with Crippen LogP contribution in [0, 0.1) is 20.8 Å². The van der Waals surface area contributed by atoms with E-state index in [9.17, 15) is 4.79 Å². The van der Waals surface area contributed by atoms with Gasteiger partial charge in [-0.1, -0.05) is 18.2 Å². The van der Waals surface area contributed by atoms with Crippen molar-refractivity contribution in [3.8, 4) is 5.75 Å². The molecule has 0 saturated carbocycles. The van der Waals surface area contributed by atoms with Crippen molar-refractivity contribution in [1.82, 2.24) is 9.88 Å². The zero-order valence-corrected chi connectivity index (χ0v) is 16.4. The van der Waals surface area contributed by atoms with E-state index in [1.807, 2.05) is 63.9 Å². The van der Waals surface area contributed by atoms with Crippen molar-refractivity contribution in [2.75, 3.05) is 25.5 Å². The second-order valence-corrected chi connectivity index (χ2v) is 7.48. The molecule has 0 aliphatic heterocycles. The summed E-state index contributed by atoms with van der Waals surface area (Å²) < 4.78 is 5.80. The van der Waals surface area contributed by atoms with Gasteiger partial charge >= 0.3 is 0 Å². The number of thiazole rings is 1. The largest absolute Gasteiger partial charge is 0.493 e. The summed E-state index contributed by atoms with van der Waals surface area (Å²) in [6, 6.07) is 7.77. The number of para-hydroxylation sites is 1. The maximum absolute atomic E-state index is 12.4. The summed E-state index contributed by atoms with van der Waals surface area (Å²) in [5.74, 6) is 0.890. The van der Waals surface area contributed by atoms with Gasteiger partial charge < -0.3 is 10.1 Å². The molecule has 25 heavy (non-hydrogen) atoms. The van der Waals surface area contributed by atoms with Crippen LogP contribution in [0.25, 0.3) is 0 Å². The fourth-order valence-corrected chi connectivity index (χ4v) is 3.16. The molecule has 6 heteroatoms. The van der Waals surface area contributed by atoms with Crippen LogP contribution >= 0.6 is 11.3 Å². The predicted octanol–water partition coefficient (Wildman–Crippen LogP) is 3.80. The van der Waals surface area contributed by atoms with Gasteiger partial charge in [-0.2, -0.15) is 0 Å². The van der Waals surface area contributed by atoms with Crippen molar-refractivity contribution in [3.63, 3.8) is 0 Å². The maximum Gasteiger partial charge on any atom is 0.243 e. The summed E-state index contributed by atoms with van der Waals surface area (Å²) in [5.41, 5.74) is 2.10. The standard InChI is InChI=1S/C19H27N3O2S/c1-13-9-6-7-10-17(13)24-12-8-11-22(5)15(3)18(23)21-19-20-14(2)16(4)25-19/h6-7,9-10,15H,8,11-12H2,1-5H3,(H,20,21,23). The number of likely N-dealkylation sites (N-methyl/N-ethyl adjacent to an activating group) is 1. The number of anilines is 1. The molecule has 1 heterocycles. The fraction of sp³-hybridized carbons (Fsp3) is 0.474. The number of amides is 1. The number of nitrogens with one attached hydrogen (secondary N) is 1. The van der Waals surface area contributed by atoms with Crippen molar-refractivity contribution in [3.05, 3.63) is 40.4 Å². The van der Waals surface area contributed by atoms with E-state index >= 15 is 0 Å². The predicted molar refractivity (Wildman–Crippen MR) is 104 cm³/mol. The highest BCUT2D eigenvalue weighted by atomic mass is 32.1. The second kappa shape index (κ2) is 8.97. The molecule has 0 spiro atoms. The van der Waals surface area contributed by atoms with Gasteiger partial charge in [-0.05, 0) is 52.8 Å². The number of hydrogen-bond acceptors (Lipinski definition) is 5. The summed E-state index contributed by atoms with van der Waals surface area (Å²) in [6.07, 6.45) is 0.859. The molecule has 0 fully saturated rings. The second-order valence-electron chi connectivity index (χ2n) is 6.27. The quantitative estimate of drug-likeness (QED) is 0.727. The zero-order valence-electron chi connectivity index (χ0n) is 15.6.